The molecular formula is C24H21F3N4. The predicted molar refractivity (Wildman–Crippen MR) is 114 cm³/mol. The molecule has 0 atom stereocenters. The second-order valence-electron chi connectivity index (χ2n) is 7.57. The van der Waals surface area contributed by atoms with E-state index in [-0.39, 0.29) is 6.54 Å². The first-order chi connectivity index (χ1) is 14.8. The highest BCUT2D eigenvalue weighted by Gasteiger charge is 2.30. The number of benzene rings is 2. The molecule has 3 aromatic rings. The van der Waals surface area contributed by atoms with Crippen LogP contribution in [-0.4, -0.2) is 29.5 Å². The van der Waals surface area contributed by atoms with E-state index < -0.39 is 11.7 Å². The fraction of sp³-hybridized carbons (Fsp3) is 0.250. The van der Waals surface area contributed by atoms with Gasteiger partial charge in [-0.3, -0.25) is 9.88 Å². The molecule has 1 aliphatic heterocycles. The Labute approximate surface area is 179 Å². The molecule has 31 heavy (non-hydrogen) atoms. The fourth-order valence-corrected chi connectivity index (χ4v) is 3.85. The third kappa shape index (κ3) is 4.54. The number of aromatic nitrogens is 1. The second-order valence-corrected chi connectivity index (χ2v) is 7.57. The number of nitrogens with zero attached hydrogens (tertiary/aromatic N) is 4. The number of hydrogen-bond acceptors (Lipinski definition) is 4. The van der Waals surface area contributed by atoms with Crippen LogP contribution in [0.4, 0.5) is 24.5 Å². The molecule has 0 saturated carbocycles. The summed E-state index contributed by atoms with van der Waals surface area (Å²) in [5.74, 6) is 0. The molecule has 7 heteroatoms. The molecule has 0 N–H and O–H groups in total. The second kappa shape index (κ2) is 8.40. The van der Waals surface area contributed by atoms with Crippen molar-refractivity contribution < 1.29 is 13.2 Å². The van der Waals surface area contributed by atoms with Crippen molar-refractivity contribution in [2.75, 3.05) is 24.5 Å². The van der Waals surface area contributed by atoms with Gasteiger partial charge >= 0.3 is 6.18 Å². The Morgan fingerprint density at radius 1 is 1.03 bits per heavy atom. The Balaban J connectivity index is 1.75. The smallest absolute Gasteiger partial charge is 0.340 e. The minimum absolute atomic E-state index is 0.285. The topological polar surface area (TPSA) is 43.2 Å². The summed E-state index contributed by atoms with van der Waals surface area (Å²) in [4.78, 5) is 8.65. The van der Waals surface area contributed by atoms with Gasteiger partial charge in [0.1, 0.15) is 0 Å². The summed E-state index contributed by atoms with van der Waals surface area (Å²) in [7, 11) is 0. The number of alkyl halides is 3. The van der Waals surface area contributed by atoms with Gasteiger partial charge in [0.2, 0.25) is 0 Å². The van der Waals surface area contributed by atoms with Crippen molar-refractivity contribution in [3.63, 3.8) is 0 Å². The minimum Gasteiger partial charge on any atom is -0.340 e. The molecule has 2 aromatic carbocycles. The van der Waals surface area contributed by atoms with Gasteiger partial charge in [0.15, 0.2) is 0 Å². The van der Waals surface area contributed by atoms with Crippen LogP contribution in [0.2, 0.25) is 0 Å². The first-order valence-corrected chi connectivity index (χ1v) is 9.96. The first-order valence-electron chi connectivity index (χ1n) is 9.96. The zero-order valence-corrected chi connectivity index (χ0v) is 17.0. The molecule has 0 spiro atoms. The molecular weight excluding hydrogens is 401 g/mol. The number of halogens is 3. The molecule has 0 amide bonds. The SMILES string of the molecule is Cc1cccc(-c2ccc3c(c2)CN(CC#N)CCN3c2ccc(C(F)(F)F)cc2)n1. The van der Waals surface area contributed by atoms with Gasteiger partial charge in [-0.15, -0.1) is 0 Å². The van der Waals surface area contributed by atoms with Crippen molar-refractivity contribution in [2.24, 2.45) is 0 Å². The fourth-order valence-electron chi connectivity index (χ4n) is 3.85. The van der Waals surface area contributed by atoms with Crippen LogP contribution < -0.4 is 4.90 Å². The lowest BCUT2D eigenvalue weighted by Gasteiger charge is -2.25. The molecule has 2 heterocycles. The standard InChI is InChI=1S/C24H21F3N4/c1-17-3-2-4-22(29-17)18-5-10-23-19(15-18)16-30(12-11-28)13-14-31(23)21-8-6-20(7-9-21)24(25,26)27/h2-10,15H,12-14,16H2,1H3. The van der Waals surface area contributed by atoms with Gasteiger partial charge < -0.3 is 4.90 Å². The third-order valence-corrected chi connectivity index (χ3v) is 5.39. The van der Waals surface area contributed by atoms with E-state index in [0.29, 0.717) is 25.3 Å². The normalized spacial score (nSPS) is 14.6. The molecule has 158 valence electrons. The van der Waals surface area contributed by atoms with Crippen molar-refractivity contribution in [1.82, 2.24) is 9.88 Å². The summed E-state index contributed by atoms with van der Waals surface area (Å²) in [6.45, 7) is 4.00. The molecule has 0 fully saturated rings. The highest BCUT2D eigenvalue weighted by atomic mass is 19.4. The van der Waals surface area contributed by atoms with Crippen LogP contribution in [0.15, 0.2) is 60.7 Å². The zero-order valence-electron chi connectivity index (χ0n) is 17.0. The first kappa shape index (κ1) is 20.9. The number of nitriles is 1. The molecule has 0 saturated heterocycles. The van der Waals surface area contributed by atoms with Crippen LogP contribution in [0.1, 0.15) is 16.8 Å². The number of hydrogen-bond donors (Lipinski definition) is 0. The highest BCUT2D eigenvalue weighted by Crippen LogP contribution is 2.36. The number of pyridine rings is 1. The summed E-state index contributed by atoms with van der Waals surface area (Å²) >= 11 is 0. The van der Waals surface area contributed by atoms with Crippen LogP contribution in [0, 0.1) is 18.3 Å². The van der Waals surface area contributed by atoms with Crippen molar-refractivity contribution in [3.05, 3.63) is 77.5 Å². The summed E-state index contributed by atoms with van der Waals surface area (Å²) in [6, 6.07) is 19.3. The predicted octanol–water partition coefficient (Wildman–Crippen LogP) is 5.55. The van der Waals surface area contributed by atoms with E-state index in [2.05, 4.69) is 17.1 Å². The monoisotopic (exact) mass is 422 g/mol. The van der Waals surface area contributed by atoms with Crippen LogP contribution in [-0.2, 0) is 12.7 Å². The molecule has 4 nitrogen and oxygen atoms in total. The van der Waals surface area contributed by atoms with Crippen molar-refractivity contribution in [2.45, 2.75) is 19.6 Å². The van der Waals surface area contributed by atoms with Gasteiger partial charge in [0.05, 0.1) is 23.9 Å². The number of aryl methyl sites for hydroxylation is 1. The lowest BCUT2D eigenvalue weighted by Crippen LogP contribution is -2.29. The molecule has 4 rings (SSSR count). The van der Waals surface area contributed by atoms with Crippen molar-refractivity contribution in [3.8, 4) is 17.3 Å². The Bertz CT molecular complexity index is 1120. The maximum absolute atomic E-state index is 13.0. The minimum atomic E-state index is -4.37. The maximum atomic E-state index is 13.0. The van der Waals surface area contributed by atoms with Crippen LogP contribution in [0.25, 0.3) is 11.3 Å². The molecule has 1 aromatic heterocycles. The van der Waals surface area contributed by atoms with E-state index in [1.807, 2.05) is 47.1 Å². The number of anilines is 2. The average molecular weight is 422 g/mol. The summed E-state index contributed by atoms with van der Waals surface area (Å²) in [5, 5.41) is 9.19. The number of rotatable bonds is 3. The van der Waals surface area contributed by atoms with E-state index in [0.717, 1.165) is 40.3 Å². The van der Waals surface area contributed by atoms with Gasteiger partial charge in [-0.25, -0.2) is 0 Å². The summed E-state index contributed by atoms with van der Waals surface area (Å²) in [6.07, 6.45) is -4.37. The van der Waals surface area contributed by atoms with E-state index in [1.54, 1.807) is 0 Å². The number of fused-ring (bicyclic) bond motifs is 1. The Kier molecular flexibility index (Phi) is 5.66. The molecule has 1 aliphatic rings. The zero-order chi connectivity index (χ0) is 22.0. The Hall–Kier alpha value is -3.37. The van der Waals surface area contributed by atoms with Crippen LogP contribution in [0.3, 0.4) is 0 Å². The molecule has 0 bridgehead atoms. The van der Waals surface area contributed by atoms with E-state index >= 15 is 0 Å². The third-order valence-electron chi connectivity index (χ3n) is 5.39. The molecule has 0 aliphatic carbocycles. The van der Waals surface area contributed by atoms with E-state index in [9.17, 15) is 18.4 Å². The maximum Gasteiger partial charge on any atom is 0.416 e. The molecule has 0 unspecified atom stereocenters. The van der Waals surface area contributed by atoms with Gasteiger partial charge in [0, 0.05) is 42.3 Å². The Morgan fingerprint density at radius 3 is 2.48 bits per heavy atom. The van der Waals surface area contributed by atoms with Crippen molar-refractivity contribution >= 4 is 11.4 Å². The summed E-state index contributed by atoms with van der Waals surface area (Å²) < 4.78 is 38.9. The van der Waals surface area contributed by atoms with Gasteiger partial charge in [-0.1, -0.05) is 12.1 Å². The van der Waals surface area contributed by atoms with Gasteiger partial charge in [-0.05, 0) is 61.0 Å². The quantitative estimate of drug-likeness (QED) is 0.519. The largest absolute Gasteiger partial charge is 0.416 e. The lowest BCUT2D eigenvalue weighted by atomic mass is 10.0. The molecule has 0 radical (unpaired) electrons. The van der Waals surface area contributed by atoms with Gasteiger partial charge in [-0.2, -0.15) is 18.4 Å². The Morgan fingerprint density at radius 2 is 1.81 bits per heavy atom. The lowest BCUT2D eigenvalue weighted by molar-refractivity contribution is -0.137. The van der Waals surface area contributed by atoms with E-state index in [4.69, 9.17) is 0 Å². The van der Waals surface area contributed by atoms with Crippen LogP contribution >= 0.6 is 0 Å². The van der Waals surface area contributed by atoms with Crippen molar-refractivity contribution in [1.29, 1.82) is 5.26 Å². The highest BCUT2D eigenvalue weighted by molar-refractivity contribution is 5.72. The summed E-state index contributed by atoms with van der Waals surface area (Å²) in [5.41, 5.74) is 4.70. The van der Waals surface area contributed by atoms with Gasteiger partial charge in [0.25, 0.3) is 0 Å². The van der Waals surface area contributed by atoms with E-state index in [1.165, 1.54) is 12.1 Å². The van der Waals surface area contributed by atoms with Crippen LogP contribution in [0.5, 0.6) is 0 Å². The average Bonchev–Trinajstić information content (AvgIpc) is 2.92.